The summed E-state index contributed by atoms with van der Waals surface area (Å²) >= 11 is 5.59. The van der Waals surface area contributed by atoms with Crippen LogP contribution >= 0.6 is 11.6 Å². The number of rotatable bonds is 5. The zero-order valence-corrected chi connectivity index (χ0v) is 18.7. The number of anilines is 2. The molecule has 1 heterocycles. The molecule has 1 aromatic heterocycles. The van der Waals surface area contributed by atoms with Crippen LogP contribution < -0.4 is 15.4 Å². The van der Waals surface area contributed by atoms with Crippen molar-refractivity contribution in [2.75, 3.05) is 17.7 Å². The monoisotopic (exact) mass is 500 g/mol. The molecule has 0 aliphatic carbocycles. The average Bonchev–Trinajstić information content (AvgIpc) is 2.83. The van der Waals surface area contributed by atoms with Crippen LogP contribution in [0.2, 0.25) is 5.02 Å². The van der Waals surface area contributed by atoms with E-state index in [2.05, 4.69) is 20.6 Å². The van der Waals surface area contributed by atoms with Gasteiger partial charge < -0.3 is 15.4 Å². The molecule has 35 heavy (non-hydrogen) atoms. The van der Waals surface area contributed by atoms with E-state index in [9.17, 15) is 22.8 Å². The van der Waals surface area contributed by atoms with E-state index in [4.69, 9.17) is 16.3 Å². The Kier molecular flexibility index (Phi) is 6.57. The van der Waals surface area contributed by atoms with Crippen LogP contribution in [0.5, 0.6) is 5.88 Å². The summed E-state index contributed by atoms with van der Waals surface area (Å²) in [6, 6.07) is 13.2. The minimum absolute atomic E-state index is 0.0814. The van der Waals surface area contributed by atoms with E-state index >= 15 is 0 Å². The van der Waals surface area contributed by atoms with E-state index in [-0.39, 0.29) is 11.5 Å². The number of ether oxygens (including phenoxy) is 1. The molecule has 4 rings (SSSR count). The van der Waals surface area contributed by atoms with Crippen LogP contribution in [-0.4, -0.2) is 28.9 Å². The van der Waals surface area contributed by atoms with Crippen LogP contribution in [0.15, 0.2) is 66.9 Å². The smallest absolute Gasteiger partial charge is 0.417 e. The molecule has 0 fully saturated rings. The molecule has 11 heteroatoms. The molecule has 2 N–H and O–H groups in total. The molecule has 0 radical (unpaired) electrons. The maximum absolute atomic E-state index is 13.0. The van der Waals surface area contributed by atoms with Crippen LogP contribution in [-0.2, 0) is 6.18 Å². The molecule has 0 aliphatic heterocycles. The maximum atomic E-state index is 13.0. The number of nitrogens with one attached hydrogen (secondary N) is 2. The number of carbonyl (C=O) groups excluding carboxylic acids is 2. The Morgan fingerprint density at radius 2 is 1.54 bits per heavy atom. The first kappa shape index (κ1) is 24.0. The molecule has 3 aromatic carbocycles. The van der Waals surface area contributed by atoms with Crippen molar-refractivity contribution in [2.24, 2.45) is 0 Å². The van der Waals surface area contributed by atoms with Gasteiger partial charge in [0.15, 0.2) is 5.78 Å². The predicted octanol–water partition coefficient (Wildman–Crippen LogP) is 6.19. The van der Waals surface area contributed by atoms with Crippen LogP contribution in [0.1, 0.15) is 21.5 Å². The number of aromatic nitrogens is 2. The number of hydrogen-bond donors (Lipinski definition) is 2. The molecule has 0 saturated heterocycles. The number of urea groups is 1. The van der Waals surface area contributed by atoms with Crippen LogP contribution in [0.25, 0.3) is 11.0 Å². The third kappa shape index (κ3) is 5.49. The fourth-order valence-electron chi connectivity index (χ4n) is 3.22. The molecular formula is C24H16ClF3N4O3. The van der Waals surface area contributed by atoms with Crippen LogP contribution in [0, 0.1) is 0 Å². The van der Waals surface area contributed by atoms with Crippen molar-refractivity contribution in [2.45, 2.75) is 6.18 Å². The van der Waals surface area contributed by atoms with Gasteiger partial charge in [-0.05, 0) is 60.7 Å². The van der Waals surface area contributed by atoms with E-state index in [1.54, 1.807) is 18.2 Å². The van der Waals surface area contributed by atoms with Crippen molar-refractivity contribution >= 4 is 45.8 Å². The van der Waals surface area contributed by atoms with Crippen molar-refractivity contribution in [3.05, 3.63) is 88.6 Å². The van der Waals surface area contributed by atoms with E-state index in [0.29, 0.717) is 33.7 Å². The van der Waals surface area contributed by atoms with Crippen molar-refractivity contribution in [1.29, 1.82) is 0 Å². The molecule has 0 spiro atoms. The topological polar surface area (TPSA) is 93.2 Å². The fraction of sp³-hybridized carbons (Fsp3) is 0.0833. The normalized spacial score (nSPS) is 11.2. The minimum Gasteiger partial charge on any atom is -0.480 e. The number of benzene rings is 3. The first-order chi connectivity index (χ1) is 16.6. The summed E-state index contributed by atoms with van der Waals surface area (Å²) < 4.78 is 44.1. The maximum Gasteiger partial charge on any atom is 0.417 e. The van der Waals surface area contributed by atoms with E-state index < -0.39 is 22.8 Å². The summed E-state index contributed by atoms with van der Waals surface area (Å²) in [5.41, 5.74) is 1.05. The number of nitrogens with zero attached hydrogens (tertiary/aromatic N) is 2. The highest BCUT2D eigenvalue weighted by Gasteiger charge is 2.33. The van der Waals surface area contributed by atoms with Gasteiger partial charge in [0.25, 0.3) is 0 Å². The molecule has 7 nitrogen and oxygen atoms in total. The molecule has 0 unspecified atom stereocenters. The van der Waals surface area contributed by atoms with E-state index in [0.717, 1.165) is 12.1 Å². The van der Waals surface area contributed by atoms with E-state index in [1.165, 1.54) is 43.6 Å². The summed E-state index contributed by atoms with van der Waals surface area (Å²) in [6.45, 7) is 0. The Morgan fingerprint density at radius 3 is 2.23 bits per heavy atom. The number of hydrogen-bond acceptors (Lipinski definition) is 5. The number of carbonyl (C=O) groups is 2. The first-order valence-electron chi connectivity index (χ1n) is 10.0. The number of alkyl halides is 3. The highest BCUT2D eigenvalue weighted by atomic mass is 35.5. The number of halogens is 4. The van der Waals surface area contributed by atoms with Gasteiger partial charge in [-0.3, -0.25) is 4.79 Å². The fourth-order valence-corrected chi connectivity index (χ4v) is 3.44. The molecule has 178 valence electrons. The van der Waals surface area contributed by atoms with Crippen LogP contribution in [0.4, 0.5) is 29.3 Å². The van der Waals surface area contributed by atoms with Gasteiger partial charge in [0, 0.05) is 22.5 Å². The predicted molar refractivity (Wildman–Crippen MR) is 125 cm³/mol. The Hall–Kier alpha value is -4.18. The zero-order chi connectivity index (χ0) is 25.2. The number of fused-ring (bicyclic) bond motifs is 1. The van der Waals surface area contributed by atoms with Gasteiger partial charge in [-0.2, -0.15) is 13.2 Å². The Balaban J connectivity index is 1.45. The number of methoxy groups -OCH3 is 1. The van der Waals surface area contributed by atoms with E-state index in [1.807, 2.05) is 0 Å². The Morgan fingerprint density at radius 1 is 0.886 bits per heavy atom. The second kappa shape index (κ2) is 9.59. The SMILES string of the molecule is COc1cnc2ccc(C(=O)c3ccc(NC(=O)Nc4ccc(Cl)c(C(F)(F)F)c4)cc3)cc2n1. The zero-order valence-electron chi connectivity index (χ0n) is 18.0. The van der Waals surface area contributed by atoms with Gasteiger partial charge in [0.2, 0.25) is 5.88 Å². The van der Waals surface area contributed by atoms with Gasteiger partial charge in [0.1, 0.15) is 0 Å². The molecule has 0 saturated carbocycles. The lowest BCUT2D eigenvalue weighted by Gasteiger charge is -2.12. The molecule has 0 aliphatic rings. The van der Waals surface area contributed by atoms with Crippen molar-refractivity contribution < 1.29 is 27.5 Å². The van der Waals surface area contributed by atoms with Gasteiger partial charge in [0.05, 0.1) is 34.9 Å². The van der Waals surface area contributed by atoms with Gasteiger partial charge in [-0.15, -0.1) is 0 Å². The lowest BCUT2D eigenvalue weighted by molar-refractivity contribution is -0.137. The van der Waals surface area contributed by atoms with Crippen molar-refractivity contribution in [3.63, 3.8) is 0 Å². The van der Waals surface area contributed by atoms with Crippen molar-refractivity contribution in [3.8, 4) is 5.88 Å². The lowest BCUT2D eigenvalue weighted by atomic mass is 10.0. The van der Waals surface area contributed by atoms with Gasteiger partial charge in [-0.1, -0.05) is 11.6 Å². The highest BCUT2D eigenvalue weighted by molar-refractivity contribution is 6.31. The summed E-state index contributed by atoms with van der Waals surface area (Å²) in [4.78, 5) is 33.6. The van der Waals surface area contributed by atoms with Crippen molar-refractivity contribution in [1.82, 2.24) is 9.97 Å². The number of ketones is 1. The summed E-state index contributed by atoms with van der Waals surface area (Å²) in [5, 5.41) is 4.35. The third-order valence-electron chi connectivity index (χ3n) is 4.93. The first-order valence-corrected chi connectivity index (χ1v) is 10.4. The third-order valence-corrected chi connectivity index (χ3v) is 5.26. The summed E-state index contributed by atoms with van der Waals surface area (Å²) in [7, 11) is 1.47. The molecule has 4 aromatic rings. The Bertz CT molecular complexity index is 1430. The standard InChI is InChI=1S/C24H16ClF3N4O3/c1-35-21-12-29-19-9-4-14(10-20(19)32-21)22(33)13-2-5-15(6-3-13)30-23(34)31-16-7-8-18(25)17(11-16)24(26,27)28/h2-12H,1H3,(H2,30,31,34). The largest absolute Gasteiger partial charge is 0.480 e. The average molecular weight is 501 g/mol. The second-order valence-corrected chi connectivity index (χ2v) is 7.70. The number of amides is 2. The molecule has 0 bridgehead atoms. The lowest BCUT2D eigenvalue weighted by Crippen LogP contribution is -2.20. The second-order valence-electron chi connectivity index (χ2n) is 7.29. The minimum atomic E-state index is -4.66. The summed E-state index contributed by atoms with van der Waals surface area (Å²) in [5.74, 6) is 0.0531. The molecule has 0 atom stereocenters. The molecular weight excluding hydrogens is 485 g/mol. The summed E-state index contributed by atoms with van der Waals surface area (Å²) in [6.07, 6.45) is -3.18. The highest BCUT2D eigenvalue weighted by Crippen LogP contribution is 2.36. The molecule has 2 amide bonds. The van der Waals surface area contributed by atoms with Gasteiger partial charge >= 0.3 is 12.2 Å². The van der Waals surface area contributed by atoms with Gasteiger partial charge in [-0.25, -0.2) is 14.8 Å². The van der Waals surface area contributed by atoms with Crippen LogP contribution in [0.3, 0.4) is 0 Å². The quantitative estimate of drug-likeness (QED) is 0.319. The Labute approximate surface area is 201 Å².